The minimum atomic E-state index is -4.43. The van der Waals surface area contributed by atoms with Gasteiger partial charge in [0, 0.05) is 36.8 Å². The Balaban J connectivity index is 1.80. The fourth-order valence-corrected chi connectivity index (χ4v) is 3.46. The first-order valence-corrected chi connectivity index (χ1v) is 9.20. The third kappa shape index (κ3) is 3.81. The average molecular weight is 431 g/mol. The molecule has 1 aromatic carbocycles. The highest BCUT2D eigenvalue weighted by Crippen LogP contribution is 2.39. The quantitative estimate of drug-likeness (QED) is 0.773. The Hall–Kier alpha value is -3.89. The van der Waals surface area contributed by atoms with Crippen LogP contribution in [0.3, 0.4) is 0 Å². The number of anilines is 1. The van der Waals surface area contributed by atoms with Crippen molar-refractivity contribution >= 4 is 11.6 Å². The second-order valence-electron chi connectivity index (χ2n) is 6.99. The zero-order valence-electron chi connectivity index (χ0n) is 16.8. The van der Waals surface area contributed by atoms with Crippen LogP contribution in [0, 0.1) is 0 Å². The lowest BCUT2D eigenvalue weighted by Crippen LogP contribution is -2.44. The standard InChI is InChI=1S/C20H20F3N7O/c1-28-10-14(9-27-28)12-3-4-15(16(7-12)31-2)30-17-13(8-26-19(30)25)5-6-29(18(17)24)11-20(21,22)23/h3-10H,11,24H2,1-2H3,(H2,25,26). The Morgan fingerprint density at radius 3 is 2.58 bits per heavy atom. The number of aryl methyl sites for hydroxylation is 1. The Kier molecular flexibility index (Phi) is 4.88. The van der Waals surface area contributed by atoms with Crippen molar-refractivity contribution in [1.82, 2.24) is 14.7 Å². The van der Waals surface area contributed by atoms with Crippen molar-refractivity contribution in [3.63, 3.8) is 0 Å². The van der Waals surface area contributed by atoms with Gasteiger partial charge in [0.15, 0.2) is 0 Å². The number of nitrogens with zero attached hydrogens (tertiary/aromatic N) is 5. The molecule has 0 fully saturated rings. The van der Waals surface area contributed by atoms with Gasteiger partial charge in [0.25, 0.3) is 0 Å². The average Bonchev–Trinajstić information content (AvgIpc) is 3.15. The number of ether oxygens (including phenoxy) is 1. The number of hydrogen-bond donors (Lipinski definition) is 2. The van der Waals surface area contributed by atoms with Crippen LogP contribution in [0.1, 0.15) is 0 Å². The number of aromatic nitrogens is 2. The number of methoxy groups -OCH3 is 1. The van der Waals surface area contributed by atoms with E-state index in [9.17, 15) is 13.2 Å². The van der Waals surface area contributed by atoms with Crippen molar-refractivity contribution < 1.29 is 17.9 Å². The summed E-state index contributed by atoms with van der Waals surface area (Å²) in [5, 5.41) is 4.16. The molecular formula is C20H20F3N7O. The topological polar surface area (TPSA) is 97.9 Å². The summed E-state index contributed by atoms with van der Waals surface area (Å²) in [4.78, 5) is 6.59. The summed E-state index contributed by atoms with van der Waals surface area (Å²) in [6.45, 7) is -1.23. The van der Waals surface area contributed by atoms with Gasteiger partial charge in [-0.2, -0.15) is 18.3 Å². The fraction of sp³-hybridized carbons (Fsp3) is 0.200. The third-order valence-electron chi connectivity index (χ3n) is 4.86. The zero-order valence-corrected chi connectivity index (χ0v) is 16.8. The van der Waals surface area contributed by atoms with Gasteiger partial charge < -0.3 is 21.1 Å². The first-order chi connectivity index (χ1) is 14.7. The Morgan fingerprint density at radius 1 is 1.16 bits per heavy atom. The highest BCUT2D eigenvalue weighted by Gasteiger charge is 2.35. The molecule has 31 heavy (non-hydrogen) atoms. The monoisotopic (exact) mass is 431 g/mol. The molecule has 3 heterocycles. The number of allylic oxidation sites excluding steroid dienone is 1. The molecule has 0 bridgehead atoms. The molecule has 2 aliphatic heterocycles. The summed E-state index contributed by atoms with van der Waals surface area (Å²) in [7, 11) is 3.31. The first-order valence-electron chi connectivity index (χ1n) is 9.20. The molecule has 11 heteroatoms. The zero-order chi connectivity index (χ0) is 22.3. The van der Waals surface area contributed by atoms with E-state index in [0.29, 0.717) is 22.7 Å². The molecule has 4 N–H and O–H groups in total. The van der Waals surface area contributed by atoms with E-state index in [1.54, 1.807) is 23.0 Å². The molecule has 2 aliphatic rings. The van der Waals surface area contributed by atoms with Crippen LogP contribution in [0.5, 0.6) is 5.75 Å². The van der Waals surface area contributed by atoms with Crippen molar-refractivity contribution in [2.24, 2.45) is 23.5 Å². The fourth-order valence-electron chi connectivity index (χ4n) is 3.46. The molecule has 0 saturated carbocycles. The number of halogens is 3. The molecule has 0 amide bonds. The summed E-state index contributed by atoms with van der Waals surface area (Å²) < 4.78 is 46.3. The second-order valence-corrected chi connectivity index (χ2v) is 6.99. The van der Waals surface area contributed by atoms with Crippen LogP contribution >= 0.6 is 0 Å². The number of rotatable bonds is 4. The van der Waals surface area contributed by atoms with E-state index in [2.05, 4.69) is 10.1 Å². The van der Waals surface area contributed by atoms with E-state index in [1.165, 1.54) is 30.5 Å². The summed E-state index contributed by atoms with van der Waals surface area (Å²) in [6.07, 6.45) is 3.39. The molecule has 2 aromatic rings. The van der Waals surface area contributed by atoms with Gasteiger partial charge in [-0.15, -0.1) is 0 Å². The first kappa shape index (κ1) is 20.4. The number of hydrogen-bond acceptors (Lipinski definition) is 7. The van der Waals surface area contributed by atoms with Crippen LogP contribution in [0.25, 0.3) is 11.1 Å². The van der Waals surface area contributed by atoms with Crippen LogP contribution in [0.15, 0.2) is 71.2 Å². The van der Waals surface area contributed by atoms with Gasteiger partial charge in [-0.05, 0) is 23.8 Å². The number of fused-ring (bicyclic) bond motifs is 1. The smallest absolute Gasteiger partial charge is 0.406 e. The molecule has 0 radical (unpaired) electrons. The lowest BCUT2D eigenvalue weighted by atomic mass is 10.0. The van der Waals surface area contributed by atoms with Crippen molar-refractivity contribution in [3.05, 3.63) is 66.2 Å². The molecule has 0 spiro atoms. The van der Waals surface area contributed by atoms with E-state index >= 15 is 0 Å². The maximum absolute atomic E-state index is 13.0. The molecular weight excluding hydrogens is 411 g/mol. The van der Waals surface area contributed by atoms with Crippen LogP contribution in [-0.4, -0.2) is 40.5 Å². The number of guanidine groups is 1. The highest BCUT2D eigenvalue weighted by atomic mass is 19.4. The van der Waals surface area contributed by atoms with E-state index in [-0.39, 0.29) is 11.8 Å². The molecule has 0 aliphatic carbocycles. The maximum Gasteiger partial charge on any atom is 0.406 e. The number of benzene rings is 1. The molecule has 0 unspecified atom stereocenters. The minimum absolute atomic E-state index is 0.0522. The molecule has 0 atom stereocenters. The van der Waals surface area contributed by atoms with E-state index < -0.39 is 12.7 Å². The minimum Gasteiger partial charge on any atom is -0.495 e. The van der Waals surface area contributed by atoms with Gasteiger partial charge in [0.2, 0.25) is 5.96 Å². The maximum atomic E-state index is 13.0. The van der Waals surface area contributed by atoms with Crippen molar-refractivity contribution in [2.75, 3.05) is 18.6 Å². The largest absolute Gasteiger partial charge is 0.495 e. The SMILES string of the molecule is COc1cc(-c2cnn(C)c2)ccc1N1C(N)=NC=C2C=CN(CC(F)(F)F)C(N)=C21. The third-order valence-corrected chi connectivity index (χ3v) is 4.86. The van der Waals surface area contributed by atoms with Crippen LogP contribution < -0.4 is 21.1 Å². The lowest BCUT2D eigenvalue weighted by molar-refractivity contribution is -0.137. The summed E-state index contributed by atoms with van der Waals surface area (Å²) in [5.74, 6) is 0.400. The normalized spacial score (nSPS) is 16.3. The van der Waals surface area contributed by atoms with Gasteiger partial charge in [0.1, 0.15) is 18.1 Å². The Morgan fingerprint density at radius 2 is 1.94 bits per heavy atom. The summed E-state index contributed by atoms with van der Waals surface area (Å²) in [6, 6.07) is 5.38. The van der Waals surface area contributed by atoms with Gasteiger partial charge in [-0.1, -0.05) is 6.07 Å². The van der Waals surface area contributed by atoms with Gasteiger partial charge in [0.05, 0.1) is 24.7 Å². The second kappa shape index (κ2) is 7.42. The summed E-state index contributed by atoms with van der Waals surface area (Å²) in [5.41, 5.74) is 15.3. The number of alkyl halides is 3. The Labute approximate surface area is 176 Å². The van der Waals surface area contributed by atoms with Gasteiger partial charge >= 0.3 is 6.18 Å². The van der Waals surface area contributed by atoms with E-state index in [0.717, 1.165) is 16.0 Å². The van der Waals surface area contributed by atoms with Gasteiger partial charge in [-0.3, -0.25) is 9.58 Å². The lowest BCUT2D eigenvalue weighted by Gasteiger charge is -2.36. The predicted octanol–water partition coefficient (Wildman–Crippen LogP) is 2.63. The highest BCUT2D eigenvalue weighted by molar-refractivity contribution is 6.02. The molecule has 1 aromatic heterocycles. The molecule has 162 valence electrons. The molecule has 0 saturated heterocycles. The van der Waals surface area contributed by atoms with Crippen LogP contribution in [0.4, 0.5) is 18.9 Å². The number of nitrogens with two attached hydrogens (primary N) is 2. The van der Waals surface area contributed by atoms with E-state index in [1.807, 2.05) is 19.3 Å². The number of aliphatic imine (C=N–C) groups is 1. The summed E-state index contributed by atoms with van der Waals surface area (Å²) >= 11 is 0. The van der Waals surface area contributed by atoms with Crippen LogP contribution in [-0.2, 0) is 7.05 Å². The molecule has 4 rings (SSSR count). The van der Waals surface area contributed by atoms with Gasteiger partial charge in [-0.25, -0.2) is 4.99 Å². The van der Waals surface area contributed by atoms with Crippen LogP contribution in [0.2, 0.25) is 0 Å². The predicted molar refractivity (Wildman–Crippen MR) is 110 cm³/mol. The van der Waals surface area contributed by atoms with E-state index in [4.69, 9.17) is 16.2 Å². The van der Waals surface area contributed by atoms with Crippen molar-refractivity contribution in [1.29, 1.82) is 0 Å². The Bertz CT molecular complexity index is 1140. The van der Waals surface area contributed by atoms with Crippen molar-refractivity contribution in [3.8, 4) is 16.9 Å². The van der Waals surface area contributed by atoms with Crippen molar-refractivity contribution in [2.45, 2.75) is 6.18 Å². The molecule has 8 nitrogen and oxygen atoms in total.